The van der Waals surface area contributed by atoms with E-state index in [4.69, 9.17) is 9.84 Å². The van der Waals surface area contributed by atoms with Crippen molar-refractivity contribution in [1.82, 2.24) is 4.98 Å². The molecule has 3 N–H and O–H groups in total. The number of pyridine rings is 1. The van der Waals surface area contributed by atoms with Crippen molar-refractivity contribution in [3.63, 3.8) is 0 Å². The molecule has 100 valence electrons. The number of hydrogen-bond acceptors (Lipinski definition) is 4. The van der Waals surface area contributed by atoms with E-state index in [0.717, 1.165) is 5.39 Å². The number of anilines is 1. The minimum atomic E-state index is -1.06. The highest BCUT2D eigenvalue weighted by Gasteiger charge is 2.15. The van der Waals surface area contributed by atoms with Gasteiger partial charge in [0.1, 0.15) is 5.82 Å². The maximum Gasteiger partial charge on any atom is 0.334 e. The number of carboxylic acid groups (broad SMARTS) is 1. The number of fused-ring (bicyclic) bond motifs is 1. The van der Waals surface area contributed by atoms with E-state index in [1.807, 2.05) is 12.1 Å². The van der Waals surface area contributed by atoms with Crippen molar-refractivity contribution in [3.05, 3.63) is 40.7 Å². The Morgan fingerprint density at radius 3 is 2.89 bits per heavy atom. The summed E-state index contributed by atoms with van der Waals surface area (Å²) in [6.45, 7) is 0.0696. The zero-order valence-corrected chi connectivity index (χ0v) is 10.3. The lowest BCUT2D eigenvalue weighted by Crippen LogP contribution is -2.31. The van der Waals surface area contributed by atoms with Crippen LogP contribution >= 0.6 is 0 Å². The van der Waals surface area contributed by atoms with Gasteiger partial charge in [-0.15, -0.1) is 0 Å². The summed E-state index contributed by atoms with van der Waals surface area (Å²) in [5.41, 5.74) is -0.218. The van der Waals surface area contributed by atoms with Gasteiger partial charge in [-0.25, -0.2) is 4.79 Å². The van der Waals surface area contributed by atoms with Crippen molar-refractivity contribution >= 4 is 22.6 Å². The number of carboxylic acids is 1. The van der Waals surface area contributed by atoms with Crippen LogP contribution in [-0.4, -0.2) is 35.8 Å². The molecule has 0 fully saturated rings. The van der Waals surface area contributed by atoms with Crippen LogP contribution in [-0.2, 0) is 9.53 Å². The van der Waals surface area contributed by atoms with Crippen LogP contribution in [0.1, 0.15) is 0 Å². The van der Waals surface area contributed by atoms with E-state index >= 15 is 0 Å². The van der Waals surface area contributed by atoms with Gasteiger partial charge in [0.25, 0.3) is 5.56 Å². The number of benzene rings is 1. The highest BCUT2D eigenvalue weighted by atomic mass is 16.5. The second-order valence-electron chi connectivity index (χ2n) is 4.04. The van der Waals surface area contributed by atoms with Crippen molar-refractivity contribution in [1.29, 1.82) is 0 Å². The summed E-state index contributed by atoms with van der Waals surface area (Å²) in [7, 11) is 1.32. The van der Waals surface area contributed by atoms with Crippen molar-refractivity contribution in [3.8, 4) is 0 Å². The Balaban J connectivity index is 2.22. The van der Waals surface area contributed by atoms with E-state index in [1.165, 1.54) is 7.11 Å². The third-order valence-electron chi connectivity index (χ3n) is 2.79. The van der Waals surface area contributed by atoms with E-state index in [2.05, 4.69) is 10.3 Å². The average Bonchev–Trinajstić information content (AvgIpc) is 2.39. The second kappa shape index (κ2) is 5.53. The Labute approximate surface area is 109 Å². The van der Waals surface area contributed by atoms with Gasteiger partial charge in [0.05, 0.1) is 6.54 Å². The Morgan fingerprint density at radius 2 is 2.21 bits per heavy atom. The average molecular weight is 262 g/mol. The van der Waals surface area contributed by atoms with Crippen LogP contribution in [0, 0.1) is 0 Å². The molecule has 6 nitrogen and oxygen atoms in total. The topological polar surface area (TPSA) is 91.4 Å². The monoisotopic (exact) mass is 262 g/mol. The highest BCUT2D eigenvalue weighted by Crippen LogP contribution is 2.12. The predicted octanol–water partition coefficient (Wildman–Crippen LogP) is 1.04. The van der Waals surface area contributed by atoms with Gasteiger partial charge < -0.3 is 20.1 Å². The van der Waals surface area contributed by atoms with E-state index in [1.54, 1.807) is 18.2 Å². The maximum atomic E-state index is 11.8. The normalized spacial score (nSPS) is 12.3. The third kappa shape index (κ3) is 2.92. The molecule has 0 saturated carbocycles. The van der Waals surface area contributed by atoms with Crippen LogP contribution in [0.5, 0.6) is 0 Å². The summed E-state index contributed by atoms with van der Waals surface area (Å²) in [5, 5.41) is 13.1. The Kier molecular flexibility index (Phi) is 3.82. The summed E-state index contributed by atoms with van der Waals surface area (Å²) >= 11 is 0. The number of rotatable bonds is 5. The molecule has 1 heterocycles. The molecule has 2 aromatic rings. The number of hydrogen-bond donors (Lipinski definition) is 3. The second-order valence-corrected chi connectivity index (χ2v) is 4.04. The van der Waals surface area contributed by atoms with Crippen molar-refractivity contribution in [2.75, 3.05) is 19.0 Å². The number of aromatic nitrogens is 1. The zero-order chi connectivity index (χ0) is 13.8. The lowest BCUT2D eigenvalue weighted by molar-refractivity contribution is -0.147. The van der Waals surface area contributed by atoms with Gasteiger partial charge in [0, 0.05) is 12.5 Å². The molecule has 0 spiro atoms. The first-order chi connectivity index (χ1) is 9.11. The number of aromatic amines is 1. The maximum absolute atomic E-state index is 11.8. The van der Waals surface area contributed by atoms with Gasteiger partial charge in [0.2, 0.25) is 0 Å². The van der Waals surface area contributed by atoms with Crippen molar-refractivity contribution in [2.24, 2.45) is 0 Å². The summed E-state index contributed by atoms with van der Waals surface area (Å²) in [6.07, 6.45) is -0.963. The van der Waals surface area contributed by atoms with Crippen LogP contribution in [0.3, 0.4) is 0 Å². The Bertz CT molecular complexity index is 650. The van der Waals surface area contributed by atoms with Gasteiger partial charge in [-0.05, 0) is 17.5 Å². The third-order valence-corrected chi connectivity index (χ3v) is 2.79. The van der Waals surface area contributed by atoms with Gasteiger partial charge >= 0.3 is 5.97 Å². The van der Waals surface area contributed by atoms with E-state index in [0.29, 0.717) is 11.2 Å². The molecular weight excluding hydrogens is 248 g/mol. The number of H-pyrrole nitrogens is 1. The standard InChI is InChI=1S/C13H14N2O4/c1-19-10(13(17)18)7-14-11-6-8-4-2-3-5-9(8)12(16)15-11/h2-6,10H,7H2,1H3,(H,17,18)(H2,14,15,16). The molecule has 0 radical (unpaired) electrons. The van der Waals surface area contributed by atoms with Crippen LogP contribution in [0.2, 0.25) is 0 Å². The minimum Gasteiger partial charge on any atom is -0.479 e. The fourth-order valence-electron chi connectivity index (χ4n) is 1.78. The molecule has 0 bridgehead atoms. The van der Waals surface area contributed by atoms with Crippen LogP contribution in [0.15, 0.2) is 35.1 Å². The molecule has 1 aromatic heterocycles. The lowest BCUT2D eigenvalue weighted by atomic mass is 10.2. The molecule has 0 aliphatic carbocycles. The fraction of sp³-hybridized carbons (Fsp3) is 0.231. The number of nitrogens with one attached hydrogen (secondary N) is 2. The SMILES string of the molecule is COC(CNc1cc2ccccc2c(=O)[nH]1)C(=O)O. The van der Waals surface area contributed by atoms with Crippen molar-refractivity contribution < 1.29 is 14.6 Å². The molecule has 2 rings (SSSR count). The highest BCUT2D eigenvalue weighted by molar-refractivity contribution is 5.83. The summed E-state index contributed by atoms with van der Waals surface area (Å²) in [5.74, 6) is -0.592. The van der Waals surface area contributed by atoms with E-state index in [-0.39, 0.29) is 12.1 Å². The molecule has 1 unspecified atom stereocenters. The molecular formula is C13H14N2O4. The first kappa shape index (κ1) is 13.1. The zero-order valence-electron chi connectivity index (χ0n) is 10.3. The number of aliphatic carboxylic acids is 1. The first-order valence-corrected chi connectivity index (χ1v) is 5.73. The van der Waals surface area contributed by atoms with Gasteiger partial charge in [-0.2, -0.15) is 0 Å². The fourth-order valence-corrected chi connectivity index (χ4v) is 1.78. The molecule has 6 heteroatoms. The molecule has 1 atom stereocenters. The summed E-state index contributed by atoms with van der Waals surface area (Å²) < 4.78 is 4.80. The van der Waals surface area contributed by atoms with Crippen LogP contribution in [0.4, 0.5) is 5.82 Å². The molecule has 1 aromatic carbocycles. The van der Waals surface area contributed by atoms with E-state index in [9.17, 15) is 9.59 Å². The van der Waals surface area contributed by atoms with Crippen molar-refractivity contribution in [2.45, 2.75) is 6.10 Å². The number of carbonyl (C=O) groups is 1. The molecule has 0 amide bonds. The largest absolute Gasteiger partial charge is 0.479 e. The van der Waals surface area contributed by atoms with Gasteiger partial charge in [0.15, 0.2) is 6.10 Å². The Morgan fingerprint density at radius 1 is 1.47 bits per heavy atom. The smallest absolute Gasteiger partial charge is 0.334 e. The molecule has 0 aliphatic rings. The predicted molar refractivity (Wildman–Crippen MR) is 71.5 cm³/mol. The summed E-state index contributed by atoms with van der Waals surface area (Å²) in [4.78, 5) is 25.3. The minimum absolute atomic E-state index is 0.0696. The quantitative estimate of drug-likeness (QED) is 0.748. The van der Waals surface area contributed by atoms with Crippen LogP contribution < -0.4 is 10.9 Å². The van der Waals surface area contributed by atoms with Gasteiger partial charge in [-0.3, -0.25) is 4.79 Å². The van der Waals surface area contributed by atoms with Crippen LogP contribution in [0.25, 0.3) is 10.8 Å². The number of ether oxygens (including phenoxy) is 1. The summed E-state index contributed by atoms with van der Waals surface area (Å²) in [6, 6.07) is 8.93. The molecule has 19 heavy (non-hydrogen) atoms. The number of methoxy groups -OCH3 is 1. The Hall–Kier alpha value is -2.34. The molecule has 0 aliphatic heterocycles. The van der Waals surface area contributed by atoms with Gasteiger partial charge in [-0.1, -0.05) is 18.2 Å². The lowest BCUT2D eigenvalue weighted by Gasteiger charge is -2.12. The molecule has 0 saturated heterocycles. The van der Waals surface area contributed by atoms with E-state index < -0.39 is 12.1 Å². The first-order valence-electron chi connectivity index (χ1n) is 5.73.